The maximum Gasteiger partial charge on any atom is 0.271 e. The van der Waals surface area contributed by atoms with E-state index in [2.05, 4.69) is 10.5 Å². The predicted octanol–water partition coefficient (Wildman–Crippen LogP) is 3.20. The Bertz CT molecular complexity index is 943. The van der Waals surface area contributed by atoms with E-state index in [9.17, 15) is 14.0 Å². The highest BCUT2D eigenvalue weighted by atomic mass is 19.1. The van der Waals surface area contributed by atoms with E-state index >= 15 is 0 Å². The van der Waals surface area contributed by atoms with Crippen LogP contribution in [0.4, 0.5) is 4.39 Å². The zero-order valence-electron chi connectivity index (χ0n) is 12.9. The van der Waals surface area contributed by atoms with Crippen molar-refractivity contribution in [3.05, 3.63) is 71.7 Å². The first kappa shape index (κ1) is 15.6. The van der Waals surface area contributed by atoms with Crippen molar-refractivity contribution in [3.63, 3.8) is 0 Å². The number of nitrogens with one attached hydrogen (secondary N) is 1. The normalized spacial score (nSPS) is 11.1. The van der Waals surface area contributed by atoms with E-state index in [4.69, 9.17) is 0 Å². The zero-order chi connectivity index (χ0) is 17.1. The van der Waals surface area contributed by atoms with Gasteiger partial charge < -0.3 is 0 Å². The number of fused-ring (bicyclic) bond motifs is 1. The summed E-state index contributed by atoms with van der Waals surface area (Å²) >= 11 is 0. The number of rotatable bonds is 3. The average molecular weight is 323 g/mol. The van der Waals surface area contributed by atoms with Gasteiger partial charge in [0.15, 0.2) is 0 Å². The van der Waals surface area contributed by atoms with Crippen LogP contribution in [0.5, 0.6) is 0 Å². The van der Waals surface area contributed by atoms with Gasteiger partial charge in [-0.3, -0.25) is 14.2 Å². The van der Waals surface area contributed by atoms with Gasteiger partial charge in [-0.15, -0.1) is 0 Å². The third kappa shape index (κ3) is 3.08. The smallest absolute Gasteiger partial charge is 0.271 e. The molecule has 6 heteroatoms. The lowest BCUT2D eigenvalue weighted by atomic mass is 10.2. The second-order valence-electron chi connectivity index (χ2n) is 5.20. The van der Waals surface area contributed by atoms with Crippen LogP contribution in [0.2, 0.25) is 0 Å². The molecular formula is C18H14FN3O2. The summed E-state index contributed by atoms with van der Waals surface area (Å²) in [6, 6.07) is 12.6. The molecule has 1 amide bonds. The van der Waals surface area contributed by atoms with Gasteiger partial charge in [0.2, 0.25) is 5.91 Å². The van der Waals surface area contributed by atoms with Crippen LogP contribution in [0.25, 0.3) is 10.9 Å². The fourth-order valence-corrected chi connectivity index (χ4v) is 2.40. The van der Waals surface area contributed by atoms with Crippen LogP contribution < -0.4 is 5.43 Å². The standard InChI is InChI=1S/C18H14FN3O2/c1-12(23)22-11-14(16-4-2-3-5-17(16)22)10-20-21-18(24)13-6-8-15(19)9-7-13/h2-11H,1H3,(H,21,24)/b20-10+. The highest BCUT2D eigenvalue weighted by molar-refractivity contribution is 6.03. The maximum atomic E-state index is 12.8. The molecule has 1 N–H and O–H groups in total. The van der Waals surface area contributed by atoms with Crippen molar-refractivity contribution >= 4 is 28.9 Å². The van der Waals surface area contributed by atoms with Crippen molar-refractivity contribution < 1.29 is 14.0 Å². The van der Waals surface area contributed by atoms with E-state index in [1.807, 2.05) is 24.3 Å². The highest BCUT2D eigenvalue weighted by Crippen LogP contribution is 2.19. The quantitative estimate of drug-likeness (QED) is 0.594. The molecule has 3 aromatic rings. The molecule has 0 atom stereocenters. The summed E-state index contributed by atoms with van der Waals surface area (Å²) in [4.78, 5) is 23.6. The second-order valence-corrected chi connectivity index (χ2v) is 5.20. The molecule has 0 spiro atoms. The summed E-state index contributed by atoms with van der Waals surface area (Å²) in [6.07, 6.45) is 3.14. The van der Waals surface area contributed by atoms with Gasteiger partial charge >= 0.3 is 0 Å². The highest BCUT2D eigenvalue weighted by Gasteiger charge is 2.09. The van der Waals surface area contributed by atoms with Crippen LogP contribution in [0.15, 0.2) is 59.8 Å². The molecule has 0 unspecified atom stereocenters. The molecule has 0 fully saturated rings. The Balaban J connectivity index is 1.82. The first-order valence-corrected chi connectivity index (χ1v) is 7.26. The molecule has 0 radical (unpaired) electrons. The molecule has 120 valence electrons. The van der Waals surface area contributed by atoms with E-state index in [1.54, 1.807) is 6.20 Å². The lowest BCUT2D eigenvalue weighted by Crippen LogP contribution is -2.17. The van der Waals surface area contributed by atoms with Gasteiger partial charge in [0.1, 0.15) is 5.82 Å². The van der Waals surface area contributed by atoms with E-state index in [0.29, 0.717) is 11.1 Å². The third-order valence-corrected chi connectivity index (χ3v) is 3.56. The summed E-state index contributed by atoms with van der Waals surface area (Å²) in [5.41, 5.74) is 4.17. The topological polar surface area (TPSA) is 63.5 Å². The van der Waals surface area contributed by atoms with Gasteiger partial charge in [-0.1, -0.05) is 18.2 Å². The van der Waals surface area contributed by atoms with Crippen molar-refractivity contribution in [1.82, 2.24) is 9.99 Å². The molecule has 0 aliphatic rings. The Morgan fingerprint density at radius 2 is 1.83 bits per heavy atom. The molecule has 0 aliphatic carbocycles. The molecule has 1 heterocycles. The zero-order valence-corrected chi connectivity index (χ0v) is 12.9. The van der Waals surface area contributed by atoms with Crippen molar-refractivity contribution in [2.24, 2.45) is 5.10 Å². The van der Waals surface area contributed by atoms with Crippen LogP contribution in [0.1, 0.15) is 27.6 Å². The number of halogens is 1. The molecule has 5 nitrogen and oxygen atoms in total. The van der Waals surface area contributed by atoms with Crippen molar-refractivity contribution in [1.29, 1.82) is 0 Å². The Morgan fingerprint density at radius 3 is 2.54 bits per heavy atom. The van der Waals surface area contributed by atoms with Gasteiger partial charge in [-0.25, -0.2) is 9.82 Å². The van der Waals surface area contributed by atoms with Gasteiger partial charge in [0, 0.05) is 29.6 Å². The Hall–Kier alpha value is -3.28. The largest absolute Gasteiger partial charge is 0.287 e. The molecule has 1 aromatic heterocycles. The first-order valence-electron chi connectivity index (χ1n) is 7.26. The third-order valence-electron chi connectivity index (χ3n) is 3.56. The average Bonchev–Trinajstić information content (AvgIpc) is 2.95. The van der Waals surface area contributed by atoms with Crippen molar-refractivity contribution in [2.75, 3.05) is 0 Å². The number of carbonyl (C=O) groups excluding carboxylic acids is 2. The van der Waals surface area contributed by atoms with Gasteiger partial charge in [0.25, 0.3) is 5.91 Å². The molecule has 2 aromatic carbocycles. The summed E-state index contributed by atoms with van der Waals surface area (Å²) in [5.74, 6) is -0.963. The Morgan fingerprint density at radius 1 is 1.12 bits per heavy atom. The first-order chi connectivity index (χ1) is 11.6. The number of hydrazone groups is 1. The van der Waals surface area contributed by atoms with Crippen LogP contribution in [0.3, 0.4) is 0 Å². The van der Waals surface area contributed by atoms with Gasteiger partial charge in [0.05, 0.1) is 11.7 Å². The monoisotopic (exact) mass is 323 g/mol. The van der Waals surface area contributed by atoms with Crippen LogP contribution in [0, 0.1) is 5.82 Å². The molecule has 0 saturated heterocycles. The number of hydrogen-bond acceptors (Lipinski definition) is 3. The minimum atomic E-state index is -0.443. The Labute approximate surface area is 137 Å². The summed E-state index contributed by atoms with van der Waals surface area (Å²) in [6.45, 7) is 1.48. The maximum absolute atomic E-state index is 12.8. The predicted molar refractivity (Wildman–Crippen MR) is 89.7 cm³/mol. The number of carbonyl (C=O) groups is 2. The van der Waals surface area contributed by atoms with E-state index in [0.717, 1.165) is 10.9 Å². The number of amides is 1. The van der Waals surface area contributed by atoms with Crippen molar-refractivity contribution in [2.45, 2.75) is 6.92 Å². The Kier molecular flexibility index (Phi) is 4.20. The van der Waals surface area contributed by atoms with Crippen LogP contribution in [-0.2, 0) is 0 Å². The lowest BCUT2D eigenvalue weighted by Gasteiger charge is -1.99. The molecular weight excluding hydrogens is 309 g/mol. The minimum absolute atomic E-state index is 0.110. The van der Waals surface area contributed by atoms with Crippen LogP contribution >= 0.6 is 0 Å². The van der Waals surface area contributed by atoms with Crippen LogP contribution in [-0.4, -0.2) is 22.6 Å². The molecule has 24 heavy (non-hydrogen) atoms. The summed E-state index contributed by atoms with van der Waals surface area (Å²) in [7, 11) is 0. The van der Waals surface area contributed by atoms with E-state index in [-0.39, 0.29) is 5.91 Å². The van der Waals surface area contributed by atoms with Gasteiger partial charge in [-0.05, 0) is 30.3 Å². The number of nitrogens with zero attached hydrogens (tertiary/aromatic N) is 2. The number of benzene rings is 2. The number of para-hydroxylation sites is 1. The molecule has 0 bridgehead atoms. The van der Waals surface area contributed by atoms with E-state index < -0.39 is 11.7 Å². The van der Waals surface area contributed by atoms with Crippen molar-refractivity contribution in [3.8, 4) is 0 Å². The summed E-state index contributed by atoms with van der Waals surface area (Å²) in [5, 5.41) is 4.77. The fourth-order valence-electron chi connectivity index (χ4n) is 2.40. The van der Waals surface area contributed by atoms with E-state index in [1.165, 1.54) is 42.0 Å². The SMILES string of the molecule is CC(=O)n1cc(/C=N/NC(=O)c2ccc(F)cc2)c2ccccc21. The summed E-state index contributed by atoms with van der Waals surface area (Å²) < 4.78 is 14.4. The molecule has 0 aliphatic heterocycles. The lowest BCUT2D eigenvalue weighted by molar-refractivity contribution is 0.0937. The number of hydrogen-bond donors (Lipinski definition) is 1. The number of aromatic nitrogens is 1. The fraction of sp³-hybridized carbons (Fsp3) is 0.0556. The molecule has 3 rings (SSSR count). The second kappa shape index (κ2) is 6.45. The van der Waals surface area contributed by atoms with Gasteiger partial charge in [-0.2, -0.15) is 5.10 Å². The molecule has 0 saturated carbocycles. The minimum Gasteiger partial charge on any atom is -0.287 e.